The molecular weight excluding hydrogens is 787 g/mol. The number of nitrogens with zero attached hydrogens (tertiary/aromatic N) is 3. The van der Waals surface area contributed by atoms with Crippen LogP contribution in [0.25, 0.3) is 98.7 Å². The van der Waals surface area contributed by atoms with Gasteiger partial charge in [-0.3, -0.25) is 4.90 Å². The van der Waals surface area contributed by atoms with Crippen molar-refractivity contribution in [1.29, 1.82) is 0 Å². The van der Waals surface area contributed by atoms with Crippen LogP contribution in [-0.4, -0.2) is 9.97 Å². The van der Waals surface area contributed by atoms with E-state index in [0.717, 1.165) is 28.5 Å². The average Bonchev–Trinajstić information content (AvgIpc) is 3.38. The van der Waals surface area contributed by atoms with E-state index in [1.807, 2.05) is 48.8 Å². The lowest BCUT2D eigenvalue weighted by Gasteiger charge is -2.23. The summed E-state index contributed by atoms with van der Waals surface area (Å²) in [5.41, 5.74) is 12.9. The second-order valence-corrected chi connectivity index (χ2v) is 16.6. The molecule has 0 aliphatic rings. The molecule has 65 heavy (non-hydrogen) atoms. The minimum absolute atomic E-state index is 0.811. The maximum absolute atomic E-state index is 4.69. The van der Waals surface area contributed by atoms with E-state index < -0.39 is 0 Å². The van der Waals surface area contributed by atoms with Gasteiger partial charge in [0.1, 0.15) is 11.6 Å². The van der Waals surface area contributed by atoms with Crippen LogP contribution in [0.5, 0.6) is 0 Å². The van der Waals surface area contributed by atoms with Crippen LogP contribution in [0.1, 0.15) is 0 Å². The smallest absolute Gasteiger partial charge is 0.138 e. The molecule has 12 rings (SSSR count). The molecule has 0 radical (unpaired) electrons. The largest absolute Gasteiger partial charge is 0.279 e. The summed E-state index contributed by atoms with van der Waals surface area (Å²) in [6.45, 7) is 0. The standard InChI is InChI=1S/C62H41N3/c1-3-13-49-39-51(29-23-42(49)11-1)44-19-25-47(26-20-44)61-55-15-5-6-16-56(55)62(48-27-21-45(22-28-48)52-30-24-43-12-2-4-14-50(43)40-52)58-41-53(33-36-57(58)61)46-31-34-54(35-32-46)65(59-17-7-9-37-63-59)60-18-8-10-38-64-60/h1-41H. The number of benzene rings is 10. The third kappa shape index (κ3) is 7.06. The topological polar surface area (TPSA) is 29.0 Å². The highest BCUT2D eigenvalue weighted by atomic mass is 15.2. The van der Waals surface area contributed by atoms with Gasteiger partial charge in [-0.1, -0.05) is 182 Å². The molecule has 2 heterocycles. The van der Waals surface area contributed by atoms with Crippen molar-refractivity contribution in [3.8, 4) is 55.6 Å². The van der Waals surface area contributed by atoms with Gasteiger partial charge in [-0.05, 0) is 153 Å². The Balaban J connectivity index is 1.01. The molecule has 0 aliphatic heterocycles. The first-order valence-corrected chi connectivity index (χ1v) is 22.1. The van der Waals surface area contributed by atoms with Crippen LogP contribution in [0.3, 0.4) is 0 Å². The molecular formula is C62H41N3. The summed E-state index contributed by atoms with van der Waals surface area (Å²) in [5, 5.41) is 9.87. The second-order valence-electron chi connectivity index (χ2n) is 16.6. The first-order valence-electron chi connectivity index (χ1n) is 22.1. The number of fused-ring (bicyclic) bond motifs is 4. The fourth-order valence-corrected chi connectivity index (χ4v) is 9.53. The van der Waals surface area contributed by atoms with Crippen LogP contribution >= 0.6 is 0 Å². The molecule has 0 bridgehead atoms. The number of aromatic nitrogens is 2. The predicted octanol–water partition coefficient (Wildman–Crippen LogP) is 16.9. The Morgan fingerprint density at radius 3 is 1.11 bits per heavy atom. The molecule has 3 heteroatoms. The Labute approximate surface area is 378 Å². The first-order chi connectivity index (χ1) is 32.2. The molecule has 3 nitrogen and oxygen atoms in total. The SMILES string of the molecule is c1ccc(N(c2ccc(-c3ccc4c(-c5ccc(-c6ccc7ccccc7c6)cc5)c5ccccc5c(-c5ccc(-c6ccc7ccccc7c6)cc5)c4c3)cc2)c2ccccn2)nc1. The molecule has 0 fully saturated rings. The lowest BCUT2D eigenvalue weighted by Crippen LogP contribution is -2.12. The zero-order chi connectivity index (χ0) is 43.1. The quantitative estimate of drug-likeness (QED) is 0.143. The van der Waals surface area contributed by atoms with Crippen molar-refractivity contribution in [1.82, 2.24) is 9.97 Å². The highest BCUT2D eigenvalue weighted by Crippen LogP contribution is 2.46. The number of rotatable bonds is 8. The lowest BCUT2D eigenvalue weighted by atomic mass is 9.84. The third-order valence-electron chi connectivity index (χ3n) is 12.8. The van der Waals surface area contributed by atoms with Crippen LogP contribution in [0.4, 0.5) is 17.3 Å². The van der Waals surface area contributed by atoms with Crippen LogP contribution < -0.4 is 4.90 Å². The van der Waals surface area contributed by atoms with Gasteiger partial charge in [0, 0.05) is 18.1 Å². The molecule has 10 aromatic carbocycles. The van der Waals surface area contributed by atoms with E-state index in [1.54, 1.807) is 0 Å². The summed E-state index contributed by atoms with van der Waals surface area (Å²) >= 11 is 0. The molecule has 2 aromatic heterocycles. The fourth-order valence-electron chi connectivity index (χ4n) is 9.53. The molecule has 0 spiro atoms. The van der Waals surface area contributed by atoms with E-state index in [9.17, 15) is 0 Å². The van der Waals surface area contributed by atoms with E-state index >= 15 is 0 Å². The van der Waals surface area contributed by atoms with Gasteiger partial charge in [0.05, 0.1) is 0 Å². The summed E-state index contributed by atoms with van der Waals surface area (Å²) < 4.78 is 0. The monoisotopic (exact) mass is 827 g/mol. The summed E-state index contributed by atoms with van der Waals surface area (Å²) in [4.78, 5) is 11.5. The van der Waals surface area contributed by atoms with Gasteiger partial charge < -0.3 is 0 Å². The van der Waals surface area contributed by atoms with Crippen LogP contribution in [0.15, 0.2) is 249 Å². The molecule has 0 atom stereocenters. The average molecular weight is 828 g/mol. The van der Waals surface area contributed by atoms with Crippen LogP contribution in [0, 0.1) is 0 Å². The van der Waals surface area contributed by atoms with Crippen molar-refractivity contribution in [3.63, 3.8) is 0 Å². The maximum atomic E-state index is 4.69. The van der Waals surface area contributed by atoms with Crippen molar-refractivity contribution in [2.45, 2.75) is 0 Å². The number of pyridine rings is 2. The molecule has 0 unspecified atom stereocenters. The van der Waals surface area contributed by atoms with Gasteiger partial charge in [0.2, 0.25) is 0 Å². The zero-order valence-corrected chi connectivity index (χ0v) is 35.5. The highest BCUT2D eigenvalue weighted by molar-refractivity contribution is 6.22. The Hall–Kier alpha value is -8.66. The van der Waals surface area contributed by atoms with Gasteiger partial charge in [0.15, 0.2) is 0 Å². The molecule has 12 aromatic rings. The minimum Gasteiger partial charge on any atom is -0.279 e. The summed E-state index contributed by atoms with van der Waals surface area (Å²) in [6.07, 6.45) is 3.64. The van der Waals surface area contributed by atoms with Crippen LogP contribution in [0.2, 0.25) is 0 Å². The minimum atomic E-state index is 0.811. The van der Waals surface area contributed by atoms with Gasteiger partial charge in [0.25, 0.3) is 0 Å². The zero-order valence-electron chi connectivity index (χ0n) is 35.5. The first kappa shape index (κ1) is 38.0. The van der Waals surface area contributed by atoms with Crippen molar-refractivity contribution in [2.75, 3.05) is 4.90 Å². The molecule has 0 saturated carbocycles. The lowest BCUT2D eigenvalue weighted by molar-refractivity contribution is 1.13. The fraction of sp³-hybridized carbons (Fsp3) is 0. The van der Waals surface area contributed by atoms with Crippen molar-refractivity contribution < 1.29 is 0 Å². The second kappa shape index (κ2) is 16.2. The third-order valence-corrected chi connectivity index (χ3v) is 12.8. The molecule has 0 saturated heterocycles. The molecule has 0 amide bonds. The van der Waals surface area contributed by atoms with Crippen molar-refractivity contribution in [2.24, 2.45) is 0 Å². The molecule has 0 aliphatic carbocycles. The maximum Gasteiger partial charge on any atom is 0.138 e. The normalized spacial score (nSPS) is 11.4. The Morgan fingerprint density at radius 2 is 0.615 bits per heavy atom. The van der Waals surface area contributed by atoms with E-state index in [1.165, 1.54) is 87.6 Å². The molecule has 0 N–H and O–H groups in total. The van der Waals surface area contributed by atoms with E-state index in [4.69, 9.17) is 9.97 Å². The number of hydrogen-bond donors (Lipinski definition) is 0. The highest BCUT2D eigenvalue weighted by Gasteiger charge is 2.19. The van der Waals surface area contributed by atoms with Gasteiger partial charge >= 0.3 is 0 Å². The van der Waals surface area contributed by atoms with Gasteiger partial charge in [-0.15, -0.1) is 0 Å². The predicted molar refractivity (Wildman–Crippen MR) is 274 cm³/mol. The Kier molecular flexibility index (Phi) is 9.50. The molecule has 304 valence electrons. The van der Waals surface area contributed by atoms with E-state index in [0.29, 0.717) is 0 Å². The Morgan fingerprint density at radius 1 is 0.246 bits per heavy atom. The summed E-state index contributed by atoms with van der Waals surface area (Å²) in [7, 11) is 0. The van der Waals surface area contributed by atoms with Gasteiger partial charge in [-0.2, -0.15) is 0 Å². The van der Waals surface area contributed by atoms with Crippen LogP contribution in [-0.2, 0) is 0 Å². The Bertz CT molecular complexity index is 3640. The van der Waals surface area contributed by atoms with Crippen molar-refractivity contribution in [3.05, 3.63) is 249 Å². The van der Waals surface area contributed by atoms with E-state index in [-0.39, 0.29) is 0 Å². The number of hydrogen-bond acceptors (Lipinski definition) is 3. The van der Waals surface area contributed by atoms with Crippen molar-refractivity contribution >= 4 is 60.4 Å². The summed E-state index contributed by atoms with van der Waals surface area (Å²) in [6, 6.07) is 85.5. The number of anilines is 3. The summed E-state index contributed by atoms with van der Waals surface area (Å²) in [5.74, 6) is 1.62. The van der Waals surface area contributed by atoms with E-state index in [2.05, 4.69) is 205 Å². The van der Waals surface area contributed by atoms with Gasteiger partial charge in [-0.25, -0.2) is 9.97 Å².